The number of ether oxygens (including phenoxy) is 1. The number of rotatable bonds is 3. The van der Waals surface area contributed by atoms with Gasteiger partial charge in [-0.05, 0) is 44.4 Å². The quantitative estimate of drug-likeness (QED) is 0.749. The Kier molecular flexibility index (Phi) is 5.04. The first-order valence-corrected chi connectivity index (χ1v) is 7.34. The molecular formula is C17H24O4. The number of aromatic hydroxyl groups is 1. The monoisotopic (exact) mass is 292 g/mol. The zero-order valence-corrected chi connectivity index (χ0v) is 12.8. The maximum absolute atomic E-state index is 10.5. The zero-order chi connectivity index (χ0) is 15.6. The first-order valence-electron chi connectivity index (χ1n) is 7.34. The molecule has 0 aliphatic carbocycles. The summed E-state index contributed by atoms with van der Waals surface area (Å²) < 4.78 is 5.64. The number of hydrogen-bond acceptors (Lipinski definition) is 4. The Bertz CT molecular complexity index is 530. The molecule has 0 amide bonds. The number of benzene rings is 1. The Morgan fingerprint density at radius 1 is 1.43 bits per heavy atom. The molecule has 4 heteroatoms. The van der Waals surface area contributed by atoms with Crippen molar-refractivity contribution in [2.24, 2.45) is 0 Å². The summed E-state index contributed by atoms with van der Waals surface area (Å²) in [5, 5.41) is 30.3. The van der Waals surface area contributed by atoms with Crippen molar-refractivity contribution in [1.29, 1.82) is 0 Å². The molecule has 1 heterocycles. The molecule has 3 atom stereocenters. The molecule has 1 aromatic carbocycles. The molecule has 4 nitrogen and oxygen atoms in total. The van der Waals surface area contributed by atoms with Crippen LogP contribution in [0.25, 0.3) is 0 Å². The van der Waals surface area contributed by atoms with E-state index in [1.54, 1.807) is 13.0 Å². The topological polar surface area (TPSA) is 69.9 Å². The van der Waals surface area contributed by atoms with Gasteiger partial charge in [0.15, 0.2) is 0 Å². The summed E-state index contributed by atoms with van der Waals surface area (Å²) in [4.78, 5) is 0. The van der Waals surface area contributed by atoms with E-state index in [0.29, 0.717) is 18.4 Å². The van der Waals surface area contributed by atoms with Gasteiger partial charge in [-0.1, -0.05) is 17.7 Å². The largest absolute Gasteiger partial charge is 0.508 e. The number of aliphatic hydroxyl groups is 2. The highest BCUT2D eigenvalue weighted by atomic mass is 16.5. The highest BCUT2D eigenvalue weighted by Crippen LogP contribution is 2.36. The van der Waals surface area contributed by atoms with Crippen LogP contribution in [0.1, 0.15) is 50.0 Å². The minimum Gasteiger partial charge on any atom is -0.508 e. The number of hydrogen-bond donors (Lipinski definition) is 3. The van der Waals surface area contributed by atoms with Crippen molar-refractivity contribution in [3.05, 3.63) is 40.5 Å². The SMILES string of the molecule is CC(C)=CCc1ccc(O)c2c1C(O)CC(C(C)O)OC2. The van der Waals surface area contributed by atoms with E-state index in [9.17, 15) is 15.3 Å². The summed E-state index contributed by atoms with van der Waals surface area (Å²) in [5.41, 5.74) is 3.57. The van der Waals surface area contributed by atoms with Gasteiger partial charge in [-0.3, -0.25) is 0 Å². The molecule has 0 aromatic heterocycles. The van der Waals surface area contributed by atoms with Crippen LogP contribution in [0.15, 0.2) is 23.8 Å². The van der Waals surface area contributed by atoms with Crippen LogP contribution in [0.2, 0.25) is 0 Å². The first-order chi connectivity index (χ1) is 9.90. The molecule has 0 spiro atoms. The van der Waals surface area contributed by atoms with Crippen molar-refractivity contribution in [3.8, 4) is 5.75 Å². The van der Waals surface area contributed by atoms with Crippen molar-refractivity contribution in [2.45, 2.75) is 58.5 Å². The third-order valence-electron chi connectivity index (χ3n) is 3.92. The van der Waals surface area contributed by atoms with Gasteiger partial charge >= 0.3 is 0 Å². The fraction of sp³-hybridized carbons (Fsp3) is 0.529. The van der Waals surface area contributed by atoms with Crippen LogP contribution in [-0.2, 0) is 17.8 Å². The van der Waals surface area contributed by atoms with Crippen LogP contribution in [0.4, 0.5) is 0 Å². The minimum atomic E-state index is -0.741. The van der Waals surface area contributed by atoms with Gasteiger partial charge in [0.2, 0.25) is 0 Å². The fourth-order valence-electron chi connectivity index (χ4n) is 2.69. The summed E-state index contributed by atoms with van der Waals surface area (Å²) in [6.45, 7) is 5.91. The van der Waals surface area contributed by atoms with Crippen LogP contribution in [-0.4, -0.2) is 27.5 Å². The average Bonchev–Trinajstić information content (AvgIpc) is 2.59. The van der Waals surface area contributed by atoms with E-state index in [-0.39, 0.29) is 12.4 Å². The second-order valence-electron chi connectivity index (χ2n) is 5.96. The molecule has 3 unspecified atom stereocenters. The van der Waals surface area contributed by atoms with Crippen LogP contribution in [0.3, 0.4) is 0 Å². The lowest BCUT2D eigenvalue weighted by Gasteiger charge is -2.20. The molecule has 3 N–H and O–H groups in total. The van der Waals surface area contributed by atoms with E-state index in [1.165, 1.54) is 5.57 Å². The number of phenols is 1. The molecule has 1 aliphatic rings. The van der Waals surface area contributed by atoms with Crippen molar-refractivity contribution in [1.82, 2.24) is 0 Å². The summed E-state index contributed by atoms with van der Waals surface area (Å²) in [5.74, 6) is 0.135. The molecule has 0 fully saturated rings. The molecule has 2 rings (SSSR count). The Hall–Kier alpha value is -1.36. The van der Waals surface area contributed by atoms with E-state index in [4.69, 9.17) is 4.74 Å². The van der Waals surface area contributed by atoms with Gasteiger partial charge in [-0.2, -0.15) is 0 Å². The van der Waals surface area contributed by atoms with Crippen molar-refractivity contribution in [3.63, 3.8) is 0 Å². The Balaban J connectivity index is 2.40. The molecule has 1 aliphatic heterocycles. The predicted octanol–water partition coefficient (Wildman–Crippen LogP) is 2.60. The molecule has 116 valence electrons. The summed E-state index contributed by atoms with van der Waals surface area (Å²) in [6, 6.07) is 3.49. The number of aliphatic hydroxyl groups excluding tert-OH is 2. The lowest BCUT2D eigenvalue weighted by molar-refractivity contribution is -0.0537. The second kappa shape index (κ2) is 6.60. The lowest BCUT2D eigenvalue weighted by atomic mass is 9.91. The van der Waals surface area contributed by atoms with Crippen LogP contribution < -0.4 is 0 Å². The normalized spacial score (nSPS) is 23.1. The lowest BCUT2D eigenvalue weighted by Crippen LogP contribution is -2.26. The highest BCUT2D eigenvalue weighted by Gasteiger charge is 2.29. The van der Waals surface area contributed by atoms with Gasteiger partial charge in [0.05, 0.1) is 24.9 Å². The van der Waals surface area contributed by atoms with Gasteiger partial charge in [0, 0.05) is 12.0 Å². The van der Waals surface area contributed by atoms with E-state index in [0.717, 1.165) is 11.1 Å². The average molecular weight is 292 g/mol. The molecular weight excluding hydrogens is 268 g/mol. The van der Waals surface area contributed by atoms with Crippen LogP contribution >= 0.6 is 0 Å². The van der Waals surface area contributed by atoms with Crippen molar-refractivity contribution in [2.75, 3.05) is 0 Å². The second-order valence-corrected chi connectivity index (χ2v) is 5.96. The number of allylic oxidation sites excluding steroid dienone is 2. The number of phenolic OH excluding ortho intramolecular Hbond substituents is 1. The molecule has 0 saturated heterocycles. The Labute approximate surface area is 125 Å². The minimum absolute atomic E-state index is 0.135. The highest BCUT2D eigenvalue weighted by molar-refractivity contribution is 5.46. The van der Waals surface area contributed by atoms with Gasteiger partial charge in [0.1, 0.15) is 5.75 Å². The van der Waals surface area contributed by atoms with Crippen molar-refractivity contribution >= 4 is 0 Å². The van der Waals surface area contributed by atoms with Gasteiger partial charge in [-0.15, -0.1) is 0 Å². The van der Waals surface area contributed by atoms with E-state index in [1.807, 2.05) is 19.9 Å². The maximum atomic E-state index is 10.5. The molecule has 0 saturated carbocycles. The molecule has 1 aromatic rings. The van der Waals surface area contributed by atoms with E-state index < -0.39 is 18.3 Å². The van der Waals surface area contributed by atoms with Gasteiger partial charge in [0.25, 0.3) is 0 Å². The Morgan fingerprint density at radius 3 is 2.76 bits per heavy atom. The standard InChI is InChI=1S/C17H24O4/c1-10(2)4-5-12-6-7-14(19)13-9-21-16(11(3)18)8-15(20)17(12)13/h4,6-7,11,15-16,18-20H,5,8-9H2,1-3H3. The summed E-state index contributed by atoms with van der Waals surface area (Å²) in [6.07, 6.45) is 1.31. The van der Waals surface area contributed by atoms with Gasteiger partial charge in [-0.25, -0.2) is 0 Å². The summed E-state index contributed by atoms with van der Waals surface area (Å²) in [7, 11) is 0. The summed E-state index contributed by atoms with van der Waals surface area (Å²) >= 11 is 0. The predicted molar refractivity (Wildman–Crippen MR) is 81.1 cm³/mol. The maximum Gasteiger partial charge on any atom is 0.121 e. The molecule has 0 bridgehead atoms. The van der Waals surface area contributed by atoms with Gasteiger partial charge < -0.3 is 20.1 Å². The first kappa shape index (κ1) is 16.0. The van der Waals surface area contributed by atoms with Crippen molar-refractivity contribution < 1.29 is 20.1 Å². The molecule has 0 radical (unpaired) electrons. The van der Waals surface area contributed by atoms with Crippen LogP contribution in [0.5, 0.6) is 5.75 Å². The zero-order valence-electron chi connectivity index (χ0n) is 12.8. The number of fused-ring (bicyclic) bond motifs is 1. The third-order valence-corrected chi connectivity index (χ3v) is 3.92. The third kappa shape index (κ3) is 3.64. The van der Waals surface area contributed by atoms with Crippen LogP contribution in [0, 0.1) is 0 Å². The Morgan fingerprint density at radius 2 is 2.14 bits per heavy atom. The van der Waals surface area contributed by atoms with E-state index in [2.05, 4.69) is 6.08 Å². The smallest absolute Gasteiger partial charge is 0.121 e. The van der Waals surface area contributed by atoms with E-state index >= 15 is 0 Å². The fourth-order valence-corrected chi connectivity index (χ4v) is 2.69. The molecule has 21 heavy (non-hydrogen) atoms.